The number of amides is 2. The topological polar surface area (TPSA) is 46.6 Å². The van der Waals surface area contributed by atoms with Gasteiger partial charge in [0.15, 0.2) is 0 Å². The average molecular weight is 265 g/mol. The van der Waals surface area contributed by atoms with Crippen LogP contribution in [0.1, 0.15) is 34.6 Å². The number of carbonyl (C=O) groups is 2. The van der Waals surface area contributed by atoms with E-state index in [0.717, 1.165) is 0 Å². The number of ether oxygens (including phenoxy) is 1. The Morgan fingerprint density at radius 1 is 1.16 bits per heavy atom. The zero-order valence-corrected chi connectivity index (χ0v) is 11.0. The Balaban J connectivity index is 2.23. The maximum absolute atomic E-state index is 12.3. The normalized spacial score (nSPS) is 15.0. The Labute approximate surface area is 111 Å². The minimum Gasteiger partial charge on any atom is -0.376 e. The standard InChI is InChI=1S/C14H16FNO3/c1-14(2,9-19-8-7-15)16-12(17)10-5-3-4-6-11(10)13(16)18/h3-6H,7-9H2,1-2H3. The summed E-state index contributed by atoms with van der Waals surface area (Å²) in [5.41, 5.74) is 0.0136. The quantitative estimate of drug-likeness (QED) is 0.604. The van der Waals surface area contributed by atoms with Gasteiger partial charge < -0.3 is 4.74 Å². The van der Waals surface area contributed by atoms with Crippen molar-refractivity contribution >= 4 is 11.8 Å². The minimum absolute atomic E-state index is 0.0351. The summed E-state index contributed by atoms with van der Waals surface area (Å²) in [6.07, 6.45) is 0. The molecule has 1 aromatic rings. The summed E-state index contributed by atoms with van der Waals surface area (Å²) in [6, 6.07) is 6.71. The second-order valence-corrected chi connectivity index (χ2v) is 5.05. The number of benzene rings is 1. The maximum Gasteiger partial charge on any atom is 0.262 e. The third-order valence-corrected chi connectivity index (χ3v) is 3.08. The van der Waals surface area contributed by atoms with Gasteiger partial charge in [-0.1, -0.05) is 12.1 Å². The van der Waals surface area contributed by atoms with Crippen molar-refractivity contribution in [2.75, 3.05) is 19.9 Å². The number of fused-ring (bicyclic) bond motifs is 1. The summed E-state index contributed by atoms with van der Waals surface area (Å²) in [7, 11) is 0. The Morgan fingerprint density at radius 3 is 2.16 bits per heavy atom. The molecule has 102 valence electrons. The van der Waals surface area contributed by atoms with Gasteiger partial charge in [-0.3, -0.25) is 14.5 Å². The van der Waals surface area contributed by atoms with Crippen LogP contribution in [0.3, 0.4) is 0 Å². The van der Waals surface area contributed by atoms with Gasteiger partial charge in [-0.2, -0.15) is 0 Å². The van der Waals surface area contributed by atoms with Gasteiger partial charge in [-0.25, -0.2) is 4.39 Å². The molecule has 1 aliphatic heterocycles. The number of hydrogen-bond acceptors (Lipinski definition) is 3. The molecule has 0 bridgehead atoms. The smallest absolute Gasteiger partial charge is 0.262 e. The van der Waals surface area contributed by atoms with Crippen LogP contribution in [0.2, 0.25) is 0 Å². The predicted octanol–water partition coefficient (Wildman–Crippen LogP) is 2.05. The lowest BCUT2D eigenvalue weighted by Crippen LogP contribution is -2.50. The highest BCUT2D eigenvalue weighted by Crippen LogP contribution is 2.29. The molecule has 1 aliphatic rings. The third-order valence-electron chi connectivity index (χ3n) is 3.08. The van der Waals surface area contributed by atoms with Gasteiger partial charge >= 0.3 is 0 Å². The molecule has 0 radical (unpaired) electrons. The molecule has 1 heterocycles. The first kappa shape index (κ1) is 13.7. The lowest BCUT2D eigenvalue weighted by molar-refractivity contribution is 0.0138. The summed E-state index contributed by atoms with van der Waals surface area (Å²) in [5, 5.41) is 0. The summed E-state index contributed by atoms with van der Waals surface area (Å²) in [6.45, 7) is 2.95. The molecule has 0 atom stereocenters. The van der Waals surface area contributed by atoms with Crippen molar-refractivity contribution in [3.63, 3.8) is 0 Å². The highest BCUT2D eigenvalue weighted by molar-refractivity contribution is 6.21. The molecule has 0 N–H and O–H groups in total. The van der Waals surface area contributed by atoms with Crippen LogP contribution in [0.25, 0.3) is 0 Å². The molecule has 0 saturated heterocycles. The van der Waals surface area contributed by atoms with Crippen LogP contribution in [0.5, 0.6) is 0 Å². The Kier molecular flexibility index (Phi) is 3.66. The number of rotatable bonds is 5. The number of nitrogens with zero attached hydrogens (tertiary/aromatic N) is 1. The van der Waals surface area contributed by atoms with E-state index < -0.39 is 12.2 Å². The predicted molar refractivity (Wildman–Crippen MR) is 67.8 cm³/mol. The van der Waals surface area contributed by atoms with Gasteiger partial charge in [-0.05, 0) is 26.0 Å². The van der Waals surface area contributed by atoms with Gasteiger partial charge in [-0.15, -0.1) is 0 Å². The third kappa shape index (κ3) is 2.38. The van der Waals surface area contributed by atoms with Crippen molar-refractivity contribution in [1.29, 1.82) is 0 Å². The summed E-state index contributed by atoms with van der Waals surface area (Å²) in [4.78, 5) is 25.7. The van der Waals surface area contributed by atoms with Crippen molar-refractivity contribution in [1.82, 2.24) is 4.90 Å². The molecule has 0 fully saturated rings. The first-order chi connectivity index (χ1) is 8.99. The van der Waals surface area contributed by atoms with Crippen molar-refractivity contribution in [2.45, 2.75) is 19.4 Å². The highest BCUT2D eigenvalue weighted by atomic mass is 19.1. The van der Waals surface area contributed by atoms with Crippen LogP contribution in [0.15, 0.2) is 24.3 Å². The molecule has 0 saturated carbocycles. The molecule has 1 aromatic carbocycles. The van der Waals surface area contributed by atoms with Crippen LogP contribution in [-0.4, -0.2) is 42.1 Å². The van der Waals surface area contributed by atoms with E-state index >= 15 is 0 Å². The Hall–Kier alpha value is -1.75. The fourth-order valence-corrected chi connectivity index (χ4v) is 2.18. The van der Waals surface area contributed by atoms with Gasteiger partial charge in [0.2, 0.25) is 0 Å². The van der Waals surface area contributed by atoms with Crippen LogP contribution in [-0.2, 0) is 4.74 Å². The zero-order chi connectivity index (χ0) is 14.0. The lowest BCUT2D eigenvalue weighted by Gasteiger charge is -2.33. The SMILES string of the molecule is CC(C)(COCCF)N1C(=O)c2ccccc2C1=O. The molecule has 19 heavy (non-hydrogen) atoms. The van der Waals surface area contributed by atoms with E-state index in [1.807, 2.05) is 0 Å². The van der Waals surface area contributed by atoms with E-state index in [0.29, 0.717) is 11.1 Å². The Bertz CT molecular complexity index is 478. The maximum atomic E-state index is 12.3. The summed E-state index contributed by atoms with van der Waals surface area (Å²) < 4.78 is 17.2. The first-order valence-corrected chi connectivity index (χ1v) is 6.10. The molecular formula is C14H16FNO3. The molecule has 2 rings (SSSR count). The molecule has 0 unspecified atom stereocenters. The molecule has 4 nitrogen and oxygen atoms in total. The van der Waals surface area contributed by atoms with Crippen molar-refractivity contribution in [2.24, 2.45) is 0 Å². The number of halogens is 1. The molecular weight excluding hydrogens is 249 g/mol. The molecule has 5 heteroatoms. The second kappa shape index (κ2) is 5.09. The first-order valence-electron chi connectivity index (χ1n) is 6.10. The second-order valence-electron chi connectivity index (χ2n) is 5.05. The van der Waals surface area contributed by atoms with Crippen LogP contribution < -0.4 is 0 Å². The van der Waals surface area contributed by atoms with E-state index in [-0.39, 0.29) is 25.0 Å². The fraction of sp³-hybridized carbons (Fsp3) is 0.429. The largest absolute Gasteiger partial charge is 0.376 e. The van der Waals surface area contributed by atoms with Gasteiger partial charge in [0.25, 0.3) is 11.8 Å². The average Bonchev–Trinajstić information content (AvgIpc) is 2.63. The molecule has 0 aromatic heterocycles. The number of carbonyl (C=O) groups excluding carboxylic acids is 2. The van der Waals surface area contributed by atoms with E-state index in [1.165, 1.54) is 4.90 Å². The van der Waals surface area contributed by atoms with Gasteiger partial charge in [0.05, 0.1) is 29.9 Å². The van der Waals surface area contributed by atoms with Gasteiger partial charge in [0.1, 0.15) is 6.67 Å². The Morgan fingerprint density at radius 2 is 1.68 bits per heavy atom. The molecule has 2 amide bonds. The summed E-state index contributed by atoms with van der Waals surface area (Å²) >= 11 is 0. The van der Waals surface area contributed by atoms with Crippen LogP contribution in [0, 0.1) is 0 Å². The van der Waals surface area contributed by atoms with E-state index in [1.54, 1.807) is 38.1 Å². The lowest BCUT2D eigenvalue weighted by atomic mass is 10.0. The van der Waals surface area contributed by atoms with E-state index in [9.17, 15) is 14.0 Å². The van der Waals surface area contributed by atoms with Crippen molar-refractivity contribution in [3.05, 3.63) is 35.4 Å². The van der Waals surface area contributed by atoms with Crippen LogP contribution >= 0.6 is 0 Å². The van der Waals surface area contributed by atoms with E-state index in [2.05, 4.69) is 0 Å². The van der Waals surface area contributed by atoms with Gasteiger partial charge in [0, 0.05) is 0 Å². The monoisotopic (exact) mass is 265 g/mol. The van der Waals surface area contributed by atoms with E-state index in [4.69, 9.17) is 4.74 Å². The zero-order valence-electron chi connectivity index (χ0n) is 11.0. The number of alkyl halides is 1. The minimum atomic E-state index is -0.803. The fourth-order valence-electron chi connectivity index (χ4n) is 2.18. The number of hydrogen-bond donors (Lipinski definition) is 0. The van der Waals surface area contributed by atoms with Crippen molar-refractivity contribution in [3.8, 4) is 0 Å². The van der Waals surface area contributed by atoms with Crippen molar-refractivity contribution < 1.29 is 18.7 Å². The molecule has 0 spiro atoms. The highest BCUT2D eigenvalue weighted by Gasteiger charge is 2.43. The number of imide groups is 1. The summed E-state index contributed by atoms with van der Waals surface area (Å²) in [5.74, 6) is -0.649. The molecule has 0 aliphatic carbocycles. The van der Waals surface area contributed by atoms with Crippen LogP contribution in [0.4, 0.5) is 4.39 Å².